The lowest BCUT2D eigenvalue weighted by Crippen LogP contribution is -2.27. The van der Waals surface area contributed by atoms with Crippen LogP contribution in [0.4, 0.5) is 0 Å². The SMILES string of the molecule is Cn1ccnc1C(C)(O)C1CC1. The fourth-order valence-electron chi connectivity index (χ4n) is 1.68. The molecular weight excluding hydrogens is 152 g/mol. The Morgan fingerprint density at radius 1 is 1.67 bits per heavy atom. The van der Waals surface area contributed by atoms with E-state index in [9.17, 15) is 5.11 Å². The van der Waals surface area contributed by atoms with E-state index < -0.39 is 5.60 Å². The lowest BCUT2D eigenvalue weighted by molar-refractivity contribution is 0.0213. The molecule has 3 nitrogen and oxygen atoms in total. The van der Waals surface area contributed by atoms with Crippen molar-refractivity contribution in [2.24, 2.45) is 13.0 Å². The number of aliphatic hydroxyl groups is 1. The van der Waals surface area contributed by atoms with Crippen molar-refractivity contribution in [3.8, 4) is 0 Å². The fraction of sp³-hybridized carbons (Fsp3) is 0.667. The monoisotopic (exact) mass is 166 g/mol. The zero-order valence-electron chi connectivity index (χ0n) is 7.49. The van der Waals surface area contributed by atoms with E-state index in [2.05, 4.69) is 4.98 Å². The quantitative estimate of drug-likeness (QED) is 0.712. The molecule has 0 amide bonds. The lowest BCUT2D eigenvalue weighted by Gasteiger charge is -2.21. The van der Waals surface area contributed by atoms with Crippen molar-refractivity contribution in [3.63, 3.8) is 0 Å². The van der Waals surface area contributed by atoms with Gasteiger partial charge in [-0.2, -0.15) is 0 Å². The highest BCUT2D eigenvalue weighted by Gasteiger charge is 2.43. The van der Waals surface area contributed by atoms with Crippen LogP contribution in [0.3, 0.4) is 0 Å². The van der Waals surface area contributed by atoms with E-state index in [0.29, 0.717) is 5.92 Å². The normalized spacial score (nSPS) is 22.2. The molecule has 1 unspecified atom stereocenters. The van der Waals surface area contributed by atoms with Crippen molar-refractivity contribution < 1.29 is 5.11 Å². The molecule has 0 aliphatic heterocycles. The minimum Gasteiger partial charge on any atom is -0.382 e. The highest BCUT2D eigenvalue weighted by Crippen LogP contribution is 2.44. The molecule has 0 aromatic carbocycles. The largest absolute Gasteiger partial charge is 0.382 e. The summed E-state index contributed by atoms with van der Waals surface area (Å²) in [5, 5.41) is 10.1. The van der Waals surface area contributed by atoms with Gasteiger partial charge in [-0.25, -0.2) is 4.98 Å². The number of rotatable bonds is 2. The molecule has 1 atom stereocenters. The average Bonchev–Trinajstić information content (AvgIpc) is 2.75. The first-order valence-electron chi connectivity index (χ1n) is 4.32. The van der Waals surface area contributed by atoms with E-state index in [0.717, 1.165) is 18.7 Å². The summed E-state index contributed by atoms with van der Waals surface area (Å²) in [5.41, 5.74) is -0.724. The van der Waals surface area contributed by atoms with Gasteiger partial charge in [-0.15, -0.1) is 0 Å². The molecule has 1 aliphatic carbocycles. The summed E-state index contributed by atoms with van der Waals surface area (Å²) < 4.78 is 1.89. The van der Waals surface area contributed by atoms with E-state index in [4.69, 9.17) is 0 Å². The standard InChI is InChI=1S/C9H14N2O/c1-9(12,7-3-4-7)8-10-5-6-11(8)2/h5-7,12H,3-4H2,1-2H3. The molecule has 12 heavy (non-hydrogen) atoms. The van der Waals surface area contributed by atoms with Crippen molar-refractivity contribution in [1.82, 2.24) is 9.55 Å². The van der Waals surface area contributed by atoms with Gasteiger partial charge in [0.05, 0.1) is 0 Å². The summed E-state index contributed by atoms with van der Waals surface area (Å²) in [6, 6.07) is 0. The van der Waals surface area contributed by atoms with Crippen molar-refractivity contribution >= 4 is 0 Å². The molecule has 1 saturated carbocycles. The van der Waals surface area contributed by atoms with Crippen molar-refractivity contribution in [3.05, 3.63) is 18.2 Å². The molecule has 3 heteroatoms. The molecule has 1 fully saturated rings. The maximum absolute atomic E-state index is 10.1. The number of aryl methyl sites for hydroxylation is 1. The highest BCUT2D eigenvalue weighted by atomic mass is 16.3. The van der Waals surface area contributed by atoms with Crippen LogP contribution >= 0.6 is 0 Å². The minimum atomic E-state index is -0.724. The van der Waals surface area contributed by atoms with Gasteiger partial charge >= 0.3 is 0 Å². The summed E-state index contributed by atoms with van der Waals surface area (Å²) >= 11 is 0. The molecular formula is C9H14N2O. The number of hydrogen-bond donors (Lipinski definition) is 1. The Kier molecular flexibility index (Phi) is 1.51. The number of nitrogens with zero attached hydrogens (tertiary/aromatic N) is 2. The second-order valence-electron chi connectivity index (χ2n) is 3.78. The molecule has 0 spiro atoms. The molecule has 1 aromatic rings. The first kappa shape index (κ1) is 7.80. The topological polar surface area (TPSA) is 38.0 Å². The predicted octanol–water partition coefficient (Wildman–Crippen LogP) is 1.04. The zero-order valence-corrected chi connectivity index (χ0v) is 7.49. The van der Waals surface area contributed by atoms with Gasteiger partial charge in [0.2, 0.25) is 0 Å². The lowest BCUT2D eigenvalue weighted by atomic mass is 10.00. The zero-order chi connectivity index (χ0) is 8.77. The molecule has 1 aromatic heterocycles. The van der Waals surface area contributed by atoms with E-state index in [-0.39, 0.29) is 0 Å². The minimum absolute atomic E-state index is 0.415. The van der Waals surface area contributed by atoms with E-state index in [1.807, 2.05) is 24.7 Å². The van der Waals surface area contributed by atoms with Crippen LogP contribution in [-0.4, -0.2) is 14.7 Å². The third kappa shape index (κ3) is 1.05. The van der Waals surface area contributed by atoms with Crippen LogP contribution in [0, 0.1) is 5.92 Å². The summed E-state index contributed by atoms with van der Waals surface area (Å²) in [6.45, 7) is 1.85. The van der Waals surface area contributed by atoms with Gasteiger partial charge in [-0.3, -0.25) is 0 Å². The Balaban J connectivity index is 2.33. The van der Waals surface area contributed by atoms with Crippen LogP contribution in [0.1, 0.15) is 25.6 Å². The Morgan fingerprint density at radius 2 is 2.33 bits per heavy atom. The molecule has 0 saturated heterocycles. The second kappa shape index (κ2) is 2.33. The first-order valence-corrected chi connectivity index (χ1v) is 4.32. The van der Waals surface area contributed by atoms with Gasteiger partial charge in [0.1, 0.15) is 11.4 Å². The Hall–Kier alpha value is -0.830. The second-order valence-corrected chi connectivity index (χ2v) is 3.78. The summed E-state index contributed by atoms with van der Waals surface area (Å²) in [7, 11) is 1.92. The van der Waals surface area contributed by atoms with E-state index in [1.165, 1.54) is 0 Å². The Morgan fingerprint density at radius 3 is 2.75 bits per heavy atom. The average molecular weight is 166 g/mol. The summed E-state index contributed by atoms with van der Waals surface area (Å²) in [6.07, 6.45) is 5.85. The number of imidazole rings is 1. The van der Waals surface area contributed by atoms with Crippen molar-refractivity contribution in [1.29, 1.82) is 0 Å². The van der Waals surface area contributed by atoms with Gasteiger partial charge in [-0.1, -0.05) is 0 Å². The summed E-state index contributed by atoms with van der Waals surface area (Å²) in [5.74, 6) is 1.20. The van der Waals surface area contributed by atoms with Gasteiger partial charge in [0, 0.05) is 19.4 Å². The fourth-order valence-corrected chi connectivity index (χ4v) is 1.68. The maximum Gasteiger partial charge on any atom is 0.140 e. The van der Waals surface area contributed by atoms with Crippen LogP contribution in [0.2, 0.25) is 0 Å². The van der Waals surface area contributed by atoms with Gasteiger partial charge < -0.3 is 9.67 Å². The maximum atomic E-state index is 10.1. The molecule has 66 valence electrons. The van der Waals surface area contributed by atoms with Gasteiger partial charge in [-0.05, 0) is 25.7 Å². The van der Waals surface area contributed by atoms with Crippen LogP contribution in [0.15, 0.2) is 12.4 Å². The Bertz CT molecular complexity index is 286. The molecule has 0 bridgehead atoms. The van der Waals surface area contributed by atoms with Gasteiger partial charge in [0.25, 0.3) is 0 Å². The smallest absolute Gasteiger partial charge is 0.140 e. The predicted molar refractivity (Wildman–Crippen MR) is 45.5 cm³/mol. The number of hydrogen-bond acceptors (Lipinski definition) is 2. The van der Waals surface area contributed by atoms with Crippen molar-refractivity contribution in [2.75, 3.05) is 0 Å². The molecule has 1 N–H and O–H groups in total. The molecule has 2 rings (SSSR count). The van der Waals surface area contributed by atoms with Crippen LogP contribution < -0.4 is 0 Å². The van der Waals surface area contributed by atoms with E-state index >= 15 is 0 Å². The highest BCUT2D eigenvalue weighted by molar-refractivity contribution is 5.08. The van der Waals surface area contributed by atoms with Crippen molar-refractivity contribution in [2.45, 2.75) is 25.4 Å². The Labute approximate surface area is 72.0 Å². The van der Waals surface area contributed by atoms with Gasteiger partial charge in [0.15, 0.2) is 0 Å². The molecule has 0 radical (unpaired) electrons. The first-order chi connectivity index (χ1) is 5.62. The molecule has 1 aliphatic rings. The molecule has 1 heterocycles. The van der Waals surface area contributed by atoms with E-state index in [1.54, 1.807) is 6.20 Å². The number of aromatic nitrogens is 2. The van der Waals surface area contributed by atoms with Crippen LogP contribution in [0.25, 0.3) is 0 Å². The third-order valence-electron chi connectivity index (χ3n) is 2.65. The van der Waals surface area contributed by atoms with Crippen LogP contribution in [-0.2, 0) is 12.6 Å². The summed E-state index contributed by atoms with van der Waals surface area (Å²) in [4.78, 5) is 4.16. The third-order valence-corrected chi connectivity index (χ3v) is 2.65. The van der Waals surface area contributed by atoms with Crippen LogP contribution in [0.5, 0.6) is 0 Å².